The topological polar surface area (TPSA) is 64.7 Å². The number of aromatic hydroxyl groups is 1. The molecule has 0 atom stereocenters. The summed E-state index contributed by atoms with van der Waals surface area (Å²) in [5.74, 6) is 1.11. The van der Waals surface area contributed by atoms with Crippen molar-refractivity contribution in [2.45, 2.75) is 24.7 Å². The second-order valence-electron chi connectivity index (χ2n) is 4.66. The van der Waals surface area contributed by atoms with Crippen LogP contribution in [-0.4, -0.2) is 25.9 Å². The highest BCUT2D eigenvalue weighted by Crippen LogP contribution is 2.54. The third-order valence-corrected chi connectivity index (χ3v) is 4.12. The summed E-state index contributed by atoms with van der Waals surface area (Å²) in [6.07, 6.45) is 2.95. The molecule has 0 unspecified atom stereocenters. The second kappa shape index (κ2) is 4.86. The quantitative estimate of drug-likeness (QED) is 0.883. The molecule has 0 heterocycles. The van der Waals surface area contributed by atoms with Gasteiger partial charge in [-0.3, -0.25) is 0 Å². The third kappa shape index (κ3) is 1.80. The van der Waals surface area contributed by atoms with Crippen molar-refractivity contribution < 1.29 is 14.6 Å². The molecule has 18 heavy (non-hydrogen) atoms. The van der Waals surface area contributed by atoms with E-state index in [0.717, 1.165) is 19.3 Å². The van der Waals surface area contributed by atoms with Crippen LogP contribution in [0.15, 0.2) is 6.07 Å². The fourth-order valence-corrected chi connectivity index (χ4v) is 2.80. The first-order valence-electron chi connectivity index (χ1n) is 5.93. The number of phenols is 1. The summed E-state index contributed by atoms with van der Waals surface area (Å²) in [6.45, 7) is 0.459. The van der Waals surface area contributed by atoms with Crippen molar-refractivity contribution in [3.05, 3.63) is 16.7 Å². The summed E-state index contributed by atoms with van der Waals surface area (Å²) >= 11 is 6.04. The highest BCUT2D eigenvalue weighted by molar-refractivity contribution is 6.32. The maximum Gasteiger partial charge on any atom is 0.168 e. The van der Waals surface area contributed by atoms with Crippen LogP contribution in [0.3, 0.4) is 0 Å². The van der Waals surface area contributed by atoms with Gasteiger partial charge < -0.3 is 20.3 Å². The zero-order chi connectivity index (χ0) is 13.3. The minimum atomic E-state index is -0.242. The van der Waals surface area contributed by atoms with Gasteiger partial charge >= 0.3 is 0 Å². The van der Waals surface area contributed by atoms with Crippen molar-refractivity contribution in [1.29, 1.82) is 0 Å². The molecular weight excluding hydrogens is 254 g/mol. The van der Waals surface area contributed by atoms with Gasteiger partial charge in [0.25, 0.3) is 0 Å². The molecule has 0 radical (unpaired) electrons. The van der Waals surface area contributed by atoms with Crippen LogP contribution in [0.25, 0.3) is 0 Å². The van der Waals surface area contributed by atoms with E-state index in [2.05, 4.69) is 0 Å². The van der Waals surface area contributed by atoms with E-state index in [1.165, 1.54) is 0 Å². The zero-order valence-corrected chi connectivity index (χ0v) is 11.4. The van der Waals surface area contributed by atoms with E-state index >= 15 is 0 Å². The monoisotopic (exact) mass is 271 g/mol. The largest absolute Gasteiger partial charge is 0.506 e. The van der Waals surface area contributed by atoms with Gasteiger partial charge in [-0.1, -0.05) is 18.0 Å². The fourth-order valence-electron chi connectivity index (χ4n) is 2.61. The van der Waals surface area contributed by atoms with Crippen LogP contribution in [0.4, 0.5) is 0 Å². The number of benzene rings is 1. The van der Waals surface area contributed by atoms with Crippen molar-refractivity contribution in [1.82, 2.24) is 0 Å². The summed E-state index contributed by atoms with van der Waals surface area (Å²) in [6, 6.07) is 1.56. The Hall–Kier alpha value is -1.13. The van der Waals surface area contributed by atoms with Crippen molar-refractivity contribution >= 4 is 11.6 Å². The number of phenolic OH excluding ortho intramolecular Hbond substituents is 1. The van der Waals surface area contributed by atoms with Gasteiger partial charge in [0.1, 0.15) is 5.75 Å². The molecule has 0 aromatic heterocycles. The number of methoxy groups -OCH3 is 2. The van der Waals surface area contributed by atoms with Gasteiger partial charge in [0.05, 0.1) is 19.2 Å². The van der Waals surface area contributed by atoms with Crippen molar-refractivity contribution in [2.75, 3.05) is 20.8 Å². The Bertz CT molecular complexity index is 453. The zero-order valence-electron chi connectivity index (χ0n) is 10.6. The van der Waals surface area contributed by atoms with Crippen LogP contribution in [0.1, 0.15) is 24.8 Å². The van der Waals surface area contributed by atoms with E-state index in [0.29, 0.717) is 23.6 Å². The molecule has 0 amide bonds. The Morgan fingerprint density at radius 3 is 2.44 bits per heavy atom. The number of nitrogens with two attached hydrogens (primary N) is 1. The number of hydrogen-bond acceptors (Lipinski definition) is 4. The molecule has 5 heteroatoms. The number of ether oxygens (including phenoxy) is 2. The van der Waals surface area contributed by atoms with Crippen LogP contribution in [0.2, 0.25) is 5.02 Å². The molecule has 1 fully saturated rings. The molecule has 1 aromatic carbocycles. The SMILES string of the molecule is COc1cc(Cl)c(O)c(C2(CN)CCC2)c1OC. The van der Waals surface area contributed by atoms with Crippen molar-refractivity contribution in [3.8, 4) is 17.2 Å². The van der Waals surface area contributed by atoms with Crippen LogP contribution in [-0.2, 0) is 5.41 Å². The van der Waals surface area contributed by atoms with Gasteiger partial charge in [-0.2, -0.15) is 0 Å². The Balaban J connectivity index is 2.66. The molecule has 100 valence electrons. The van der Waals surface area contributed by atoms with Crippen LogP contribution in [0, 0.1) is 0 Å². The van der Waals surface area contributed by atoms with Gasteiger partial charge in [-0.05, 0) is 12.8 Å². The average molecular weight is 272 g/mol. The molecular formula is C13H18ClNO3. The first kappa shape index (κ1) is 13.3. The second-order valence-corrected chi connectivity index (χ2v) is 5.06. The van der Waals surface area contributed by atoms with Crippen LogP contribution >= 0.6 is 11.6 Å². The highest BCUT2D eigenvalue weighted by Gasteiger charge is 2.43. The lowest BCUT2D eigenvalue weighted by Crippen LogP contribution is -2.41. The van der Waals surface area contributed by atoms with Crippen molar-refractivity contribution in [2.24, 2.45) is 5.73 Å². The Labute approximate surface area is 112 Å². The lowest BCUT2D eigenvalue weighted by Gasteiger charge is -2.42. The van der Waals surface area contributed by atoms with E-state index in [1.54, 1.807) is 20.3 Å². The molecule has 2 rings (SSSR count). The summed E-state index contributed by atoms with van der Waals surface area (Å²) < 4.78 is 10.6. The van der Waals surface area contributed by atoms with Gasteiger partial charge in [0, 0.05) is 23.6 Å². The summed E-state index contributed by atoms with van der Waals surface area (Å²) in [7, 11) is 3.10. The van der Waals surface area contributed by atoms with Crippen LogP contribution in [0.5, 0.6) is 17.2 Å². The first-order chi connectivity index (χ1) is 8.59. The lowest BCUT2D eigenvalue weighted by atomic mass is 9.64. The Morgan fingerprint density at radius 1 is 1.39 bits per heavy atom. The highest BCUT2D eigenvalue weighted by atomic mass is 35.5. The predicted octanol–water partition coefficient (Wildman–Crippen LogP) is 2.44. The molecule has 0 saturated heterocycles. The van der Waals surface area contributed by atoms with Gasteiger partial charge in [0.2, 0.25) is 0 Å². The smallest absolute Gasteiger partial charge is 0.168 e. The summed E-state index contributed by atoms with van der Waals surface area (Å²) in [5, 5.41) is 10.5. The Kier molecular flexibility index (Phi) is 3.59. The summed E-state index contributed by atoms with van der Waals surface area (Å²) in [4.78, 5) is 0. The molecule has 1 aliphatic carbocycles. The number of rotatable bonds is 4. The molecule has 1 aliphatic rings. The Morgan fingerprint density at radius 2 is 2.06 bits per heavy atom. The number of halogens is 1. The van der Waals surface area contributed by atoms with E-state index in [9.17, 15) is 5.11 Å². The van der Waals surface area contributed by atoms with Gasteiger partial charge in [-0.15, -0.1) is 0 Å². The lowest BCUT2D eigenvalue weighted by molar-refractivity contribution is 0.232. The first-order valence-corrected chi connectivity index (χ1v) is 6.31. The molecule has 0 bridgehead atoms. The average Bonchev–Trinajstić information content (AvgIpc) is 2.33. The maximum atomic E-state index is 10.2. The molecule has 0 aliphatic heterocycles. The molecule has 1 aromatic rings. The van der Waals surface area contributed by atoms with Crippen LogP contribution < -0.4 is 15.2 Å². The van der Waals surface area contributed by atoms with E-state index in [1.807, 2.05) is 0 Å². The van der Waals surface area contributed by atoms with E-state index in [-0.39, 0.29) is 16.2 Å². The standard InChI is InChI=1S/C13H18ClNO3/c1-17-9-6-8(14)11(16)10(12(9)18-2)13(7-15)4-3-5-13/h6,16H,3-5,7,15H2,1-2H3. The number of hydrogen-bond donors (Lipinski definition) is 2. The molecule has 4 nitrogen and oxygen atoms in total. The van der Waals surface area contributed by atoms with Gasteiger partial charge in [0.15, 0.2) is 11.5 Å². The summed E-state index contributed by atoms with van der Waals surface area (Å²) in [5.41, 5.74) is 6.33. The van der Waals surface area contributed by atoms with Crippen molar-refractivity contribution in [3.63, 3.8) is 0 Å². The van der Waals surface area contributed by atoms with E-state index in [4.69, 9.17) is 26.8 Å². The normalized spacial score (nSPS) is 17.1. The predicted molar refractivity (Wildman–Crippen MR) is 70.8 cm³/mol. The molecule has 1 saturated carbocycles. The maximum absolute atomic E-state index is 10.2. The van der Waals surface area contributed by atoms with Gasteiger partial charge in [-0.25, -0.2) is 0 Å². The molecule has 0 spiro atoms. The minimum Gasteiger partial charge on any atom is -0.506 e. The fraction of sp³-hybridized carbons (Fsp3) is 0.538. The molecule has 3 N–H and O–H groups in total. The van der Waals surface area contributed by atoms with E-state index < -0.39 is 0 Å². The third-order valence-electron chi connectivity index (χ3n) is 3.83. The minimum absolute atomic E-state index is 0.0551.